The molecule has 2 atom stereocenters. The quantitative estimate of drug-likeness (QED) is 0.551. The lowest BCUT2D eigenvalue weighted by Gasteiger charge is -2.33. The predicted molar refractivity (Wildman–Crippen MR) is 63.0 cm³/mol. The summed E-state index contributed by atoms with van der Waals surface area (Å²) in [6, 6.07) is 0. The molecule has 0 saturated heterocycles. The molecule has 0 aliphatic heterocycles. The fraction of sp³-hybridized carbons (Fsp3) is 0.909. The molecule has 3 nitrogen and oxygen atoms in total. The highest BCUT2D eigenvalue weighted by Crippen LogP contribution is 2.30. The van der Waals surface area contributed by atoms with Gasteiger partial charge in [0.1, 0.15) is 6.10 Å². The number of rotatable bonds is 4. The first kappa shape index (κ1) is 14.6. The minimum Gasteiger partial charge on any atom is -0.467 e. The van der Waals surface area contributed by atoms with Crippen LogP contribution in [0.3, 0.4) is 0 Å². The smallest absolute Gasteiger partial charge is 0.334 e. The summed E-state index contributed by atoms with van der Waals surface area (Å²) < 4.78 is 10.5. The van der Waals surface area contributed by atoms with E-state index in [0.29, 0.717) is 0 Å². The fourth-order valence-electron chi connectivity index (χ4n) is 1.18. The molecule has 0 saturated carbocycles. The summed E-state index contributed by atoms with van der Waals surface area (Å²) in [7, 11) is 0.516. The zero-order valence-corrected chi connectivity index (χ0v) is 11.9. The molecule has 0 aliphatic carbocycles. The van der Waals surface area contributed by atoms with E-state index in [1.807, 2.05) is 20.0 Å². The molecule has 89 valence electrons. The number of hydrogen-bond acceptors (Lipinski definition) is 3. The molecule has 0 aromatic heterocycles. The van der Waals surface area contributed by atoms with Crippen molar-refractivity contribution in [1.29, 1.82) is 0 Å². The van der Waals surface area contributed by atoms with Crippen molar-refractivity contribution in [3.63, 3.8) is 0 Å². The van der Waals surface area contributed by atoms with Crippen LogP contribution in [-0.2, 0) is 14.0 Å². The summed E-state index contributed by atoms with van der Waals surface area (Å²) >= 11 is 0. The van der Waals surface area contributed by atoms with Crippen molar-refractivity contribution in [3.8, 4) is 0 Å². The number of carbonyl (C=O) groups is 1. The Labute approximate surface area is 94.9 Å². The van der Waals surface area contributed by atoms with Crippen molar-refractivity contribution in [1.82, 2.24) is 0 Å². The van der Waals surface area contributed by atoms with E-state index in [1.54, 1.807) is 0 Å². The van der Waals surface area contributed by atoms with Gasteiger partial charge >= 0.3 is 5.97 Å². The van der Waals surface area contributed by atoms with Crippen molar-refractivity contribution < 1.29 is 14.0 Å². The third kappa shape index (κ3) is 4.80. The van der Waals surface area contributed by atoms with E-state index in [0.717, 1.165) is 0 Å². The second-order valence-corrected chi connectivity index (χ2v) is 7.18. The van der Waals surface area contributed by atoms with Crippen LogP contribution in [-0.4, -0.2) is 28.2 Å². The van der Waals surface area contributed by atoms with Crippen LogP contribution in [0.4, 0.5) is 0 Å². The Hall–Kier alpha value is -0.353. The lowest BCUT2D eigenvalue weighted by atomic mass is 9.79. The van der Waals surface area contributed by atoms with Crippen molar-refractivity contribution >= 4 is 15.0 Å². The van der Waals surface area contributed by atoms with E-state index in [9.17, 15) is 4.79 Å². The Morgan fingerprint density at radius 1 is 1.27 bits per heavy atom. The van der Waals surface area contributed by atoms with E-state index < -0.39 is 15.1 Å². The van der Waals surface area contributed by atoms with Crippen LogP contribution >= 0.6 is 0 Å². The van der Waals surface area contributed by atoms with Gasteiger partial charge < -0.3 is 9.16 Å². The van der Waals surface area contributed by atoms with Crippen LogP contribution in [0, 0.1) is 11.3 Å². The van der Waals surface area contributed by atoms with Crippen molar-refractivity contribution in [2.24, 2.45) is 11.3 Å². The van der Waals surface area contributed by atoms with Crippen LogP contribution in [0.25, 0.3) is 0 Å². The summed E-state index contributed by atoms with van der Waals surface area (Å²) in [6.07, 6.45) is -0.432. The monoisotopic (exact) mass is 231 g/mol. The van der Waals surface area contributed by atoms with Crippen molar-refractivity contribution in [2.45, 2.75) is 46.9 Å². The van der Waals surface area contributed by atoms with Gasteiger partial charge in [0.25, 0.3) is 0 Å². The van der Waals surface area contributed by atoms with Gasteiger partial charge in [-0.25, -0.2) is 4.79 Å². The first-order valence-corrected chi connectivity index (χ1v) is 7.65. The van der Waals surface area contributed by atoms with Crippen LogP contribution in [0.15, 0.2) is 0 Å². The molecule has 0 heterocycles. The number of hydrogen-bond donors (Lipinski definition) is 0. The Morgan fingerprint density at radius 3 is 2.00 bits per heavy atom. The second-order valence-electron chi connectivity index (χ2n) is 5.12. The van der Waals surface area contributed by atoms with Gasteiger partial charge in [-0.05, 0) is 24.4 Å². The first-order chi connectivity index (χ1) is 6.70. The van der Waals surface area contributed by atoms with Crippen molar-refractivity contribution in [2.75, 3.05) is 7.11 Å². The van der Waals surface area contributed by atoms with E-state index in [2.05, 4.69) is 20.8 Å². The molecule has 0 fully saturated rings. The van der Waals surface area contributed by atoms with Gasteiger partial charge in [-0.3, -0.25) is 0 Å². The summed E-state index contributed by atoms with van der Waals surface area (Å²) in [5, 5.41) is 0. The summed E-state index contributed by atoms with van der Waals surface area (Å²) in [4.78, 5) is 11.6. The topological polar surface area (TPSA) is 35.5 Å². The van der Waals surface area contributed by atoms with Crippen LogP contribution in [0.5, 0.6) is 0 Å². The maximum atomic E-state index is 11.6. The molecule has 0 N–H and O–H groups in total. The highest BCUT2D eigenvalue weighted by Gasteiger charge is 2.35. The van der Waals surface area contributed by atoms with Gasteiger partial charge in [-0.15, -0.1) is 0 Å². The Kier molecular flexibility index (Phi) is 5.52. The van der Waals surface area contributed by atoms with E-state index >= 15 is 0 Å². The van der Waals surface area contributed by atoms with Crippen molar-refractivity contribution in [3.05, 3.63) is 0 Å². The normalized spacial score (nSPS) is 16.3. The molecule has 1 radical (unpaired) electrons. The van der Waals surface area contributed by atoms with E-state index in [4.69, 9.17) is 9.16 Å². The molecule has 2 unspecified atom stereocenters. The summed E-state index contributed by atoms with van der Waals surface area (Å²) in [5.41, 5.74) is 0.0379. The molecular weight excluding hydrogens is 208 g/mol. The van der Waals surface area contributed by atoms with Crippen LogP contribution < -0.4 is 0 Å². The SMILES string of the molecule is COC(=O)C(O[Si](C)C)C(C)C(C)(C)C. The summed E-state index contributed by atoms with van der Waals surface area (Å²) in [5.74, 6) is -0.117. The molecule has 15 heavy (non-hydrogen) atoms. The maximum absolute atomic E-state index is 11.6. The van der Waals surface area contributed by atoms with Gasteiger partial charge in [0, 0.05) is 0 Å². The minimum atomic E-state index is -0.893. The van der Waals surface area contributed by atoms with Gasteiger partial charge in [0.05, 0.1) is 7.11 Å². The fourth-order valence-corrected chi connectivity index (χ4v) is 1.99. The molecule has 4 heteroatoms. The average molecular weight is 231 g/mol. The number of ether oxygens (including phenoxy) is 1. The third-order valence-electron chi connectivity index (χ3n) is 2.62. The molecule has 0 rings (SSSR count). The number of methoxy groups -OCH3 is 1. The minimum absolute atomic E-state index is 0.0379. The molecule has 0 bridgehead atoms. The molecular formula is C11H23O3Si. The lowest BCUT2D eigenvalue weighted by Crippen LogP contribution is -2.41. The Morgan fingerprint density at radius 2 is 1.73 bits per heavy atom. The molecule has 0 amide bonds. The van der Waals surface area contributed by atoms with Gasteiger partial charge in [-0.2, -0.15) is 0 Å². The molecule has 0 aliphatic rings. The van der Waals surface area contributed by atoms with E-state index in [-0.39, 0.29) is 17.3 Å². The zero-order valence-electron chi connectivity index (χ0n) is 10.9. The number of carbonyl (C=O) groups excluding carboxylic acids is 1. The predicted octanol–water partition coefficient (Wildman–Crippen LogP) is 2.48. The van der Waals surface area contributed by atoms with Gasteiger partial charge in [0.2, 0.25) is 9.04 Å². The molecule has 0 aromatic rings. The third-order valence-corrected chi connectivity index (χ3v) is 3.34. The lowest BCUT2D eigenvalue weighted by molar-refractivity contribution is -0.153. The Balaban J connectivity index is 4.70. The average Bonchev–Trinajstić information content (AvgIpc) is 2.10. The second kappa shape index (κ2) is 5.65. The number of esters is 1. The Bertz CT molecular complexity index is 208. The first-order valence-electron chi connectivity index (χ1n) is 5.24. The highest BCUT2D eigenvalue weighted by molar-refractivity contribution is 6.48. The maximum Gasteiger partial charge on any atom is 0.334 e. The van der Waals surface area contributed by atoms with Gasteiger partial charge in [-0.1, -0.05) is 27.7 Å². The van der Waals surface area contributed by atoms with Crippen LogP contribution in [0.2, 0.25) is 13.1 Å². The molecule has 0 spiro atoms. The largest absolute Gasteiger partial charge is 0.467 e. The highest BCUT2D eigenvalue weighted by atomic mass is 28.3. The summed E-state index contributed by atoms with van der Waals surface area (Å²) in [6.45, 7) is 12.4. The van der Waals surface area contributed by atoms with Gasteiger partial charge in [0.15, 0.2) is 0 Å². The van der Waals surface area contributed by atoms with Crippen LogP contribution in [0.1, 0.15) is 27.7 Å². The van der Waals surface area contributed by atoms with E-state index in [1.165, 1.54) is 7.11 Å². The standard InChI is InChI=1S/C11H23O3Si/c1-8(11(2,3)4)9(10(12)13-5)14-15(6)7/h8-9H,1-7H3. The molecule has 0 aromatic carbocycles. The zero-order chi connectivity index (χ0) is 12.2.